The predicted molar refractivity (Wildman–Crippen MR) is 129 cm³/mol. The molecular weight excluding hydrogens is 348 g/mol. The van der Waals surface area contributed by atoms with Crippen LogP contribution in [0.25, 0.3) is 5.57 Å². The van der Waals surface area contributed by atoms with Gasteiger partial charge in [0, 0.05) is 0 Å². The van der Waals surface area contributed by atoms with Crippen LogP contribution in [-0.4, -0.2) is 0 Å². The lowest BCUT2D eigenvalue weighted by Crippen LogP contribution is -2.20. The Morgan fingerprint density at radius 1 is 0.793 bits per heavy atom. The summed E-state index contributed by atoms with van der Waals surface area (Å²) in [6.07, 6.45) is 26.9. The SMILES string of the molecule is CCCCCCCCCCc1ccc(C2=CCC(C3CCC(C)CC3)C=C2)cc1. The van der Waals surface area contributed by atoms with E-state index in [2.05, 4.69) is 56.3 Å². The Morgan fingerprint density at radius 3 is 2.07 bits per heavy atom. The number of aryl methyl sites for hydroxylation is 1. The van der Waals surface area contributed by atoms with Crippen LogP contribution in [0.4, 0.5) is 0 Å². The van der Waals surface area contributed by atoms with E-state index in [4.69, 9.17) is 0 Å². The van der Waals surface area contributed by atoms with Gasteiger partial charge in [-0.2, -0.15) is 0 Å². The lowest BCUT2D eigenvalue weighted by atomic mass is 9.74. The Labute approximate surface area is 180 Å². The van der Waals surface area contributed by atoms with Gasteiger partial charge < -0.3 is 0 Å². The highest BCUT2D eigenvalue weighted by Gasteiger charge is 2.25. The molecule has 1 aromatic carbocycles. The van der Waals surface area contributed by atoms with E-state index in [0.717, 1.165) is 17.8 Å². The van der Waals surface area contributed by atoms with Gasteiger partial charge in [0.2, 0.25) is 0 Å². The first-order valence-corrected chi connectivity index (χ1v) is 12.7. The van der Waals surface area contributed by atoms with Gasteiger partial charge in [0.1, 0.15) is 0 Å². The smallest absolute Gasteiger partial charge is 0.0167 e. The molecule has 1 aromatic rings. The molecule has 0 saturated heterocycles. The van der Waals surface area contributed by atoms with Crippen LogP contribution < -0.4 is 0 Å². The second kappa shape index (κ2) is 12.4. The van der Waals surface area contributed by atoms with Crippen molar-refractivity contribution in [3.63, 3.8) is 0 Å². The molecule has 0 bridgehead atoms. The van der Waals surface area contributed by atoms with Crippen LogP contribution in [0.3, 0.4) is 0 Å². The largest absolute Gasteiger partial charge is 0.0802 e. The zero-order valence-electron chi connectivity index (χ0n) is 19.2. The second-order valence-electron chi connectivity index (χ2n) is 9.86. The average molecular weight is 393 g/mol. The third-order valence-corrected chi connectivity index (χ3v) is 7.41. The molecule has 0 nitrogen and oxygen atoms in total. The molecule has 0 heterocycles. The zero-order valence-corrected chi connectivity index (χ0v) is 19.2. The van der Waals surface area contributed by atoms with E-state index in [-0.39, 0.29) is 0 Å². The molecule has 0 amide bonds. The number of benzene rings is 1. The van der Waals surface area contributed by atoms with Gasteiger partial charge >= 0.3 is 0 Å². The molecule has 0 N–H and O–H groups in total. The van der Waals surface area contributed by atoms with Gasteiger partial charge in [0.05, 0.1) is 0 Å². The molecule has 0 heteroatoms. The van der Waals surface area contributed by atoms with Crippen LogP contribution in [0.1, 0.15) is 108 Å². The summed E-state index contributed by atoms with van der Waals surface area (Å²) in [7, 11) is 0. The molecule has 3 rings (SSSR count). The highest BCUT2D eigenvalue weighted by atomic mass is 14.3. The van der Waals surface area contributed by atoms with E-state index >= 15 is 0 Å². The van der Waals surface area contributed by atoms with E-state index < -0.39 is 0 Å². The Bertz CT molecular complexity index is 625. The minimum atomic E-state index is 0.785. The number of unbranched alkanes of at least 4 members (excludes halogenated alkanes) is 7. The molecule has 0 aliphatic heterocycles. The third kappa shape index (κ3) is 7.47. The Balaban J connectivity index is 1.36. The summed E-state index contributed by atoms with van der Waals surface area (Å²) in [6.45, 7) is 4.71. The molecule has 0 radical (unpaired) electrons. The topological polar surface area (TPSA) is 0 Å². The summed E-state index contributed by atoms with van der Waals surface area (Å²) >= 11 is 0. The van der Waals surface area contributed by atoms with Crippen molar-refractivity contribution in [1.82, 2.24) is 0 Å². The highest BCUT2D eigenvalue weighted by Crippen LogP contribution is 2.38. The molecule has 1 fully saturated rings. The molecule has 0 aromatic heterocycles. The van der Waals surface area contributed by atoms with E-state index in [9.17, 15) is 0 Å². The van der Waals surface area contributed by atoms with Crippen molar-refractivity contribution < 1.29 is 0 Å². The van der Waals surface area contributed by atoms with Crippen molar-refractivity contribution in [2.75, 3.05) is 0 Å². The number of rotatable bonds is 11. The van der Waals surface area contributed by atoms with Crippen molar-refractivity contribution in [2.45, 2.75) is 104 Å². The molecule has 160 valence electrons. The molecule has 1 atom stereocenters. The maximum atomic E-state index is 2.52. The molecule has 1 unspecified atom stereocenters. The summed E-state index contributed by atoms with van der Waals surface area (Å²) in [4.78, 5) is 0. The monoisotopic (exact) mass is 392 g/mol. The van der Waals surface area contributed by atoms with E-state index in [1.165, 1.54) is 107 Å². The summed E-state index contributed by atoms with van der Waals surface area (Å²) in [5, 5.41) is 0. The molecule has 29 heavy (non-hydrogen) atoms. The molecular formula is C29H44. The number of hydrogen-bond donors (Lipinski definition) is 0. The lowest BCUT2D eigenvalue weighted by molar-refractivity contribution is 0.240. The van der Waals surface area contributed by atoms with Crippen molar-refractivity contribution in [2.24, 2.45) is 17.8 Å². The average Bonchev–Trinajstić information content (AvgIpc) is 2.77. The minimum absolute atomic E-state index is 0.785. The van der Waals surface area contributed by atoms with Crippen molar-refractivity contribution in [1.29, 1.82) is 0 Å². The fourth-order valence-corrected chi connectivity index (χ4v) is 5.24. The summed E-state index contributed by atoms with van der Waals surface area (Å²) in [6, 6.07) is 9.41. The van der Waals surface area contributed by atoms with Gasteiger partial charge in [-0.05, 0) is 66.6 Å². The van der Waals surface area contributed by atoms with E-state index in [0.29, 0.717) is 0 Å². The fraction of sp³-hybridized carbons (Fsp3) is 0.655. The first-order valence-electron chi connectivity index (χ1n) is 12.7. The Kier molecular flexibility index (Phi) is 9.58. The second-order valence-corrected chi connectivity index (χ2v) is 9.86. The van der Waals surface area contributed by atoms with Gasteiger partial charge in [-0.25, -0.2) is 0 Å². The molecule has 0 spiro atoms. The predicted octanol–water partition coefficient (Wildman–Crippen LogP) is 9.16. The van der Waals surface area contributed by atoms with E-state index in [1.807, 2.05) is 0 Å². The normalized spacial score (nSPS) is 24.5. The van der Waals surface area contributed by atoms with Crippen molar-refractivity contribution in [3.8, 4) is 0 Å². The molecule has 2 aliphatic rings. The molecule has 1 saturated carbocycles. The standard InChI is InChI=1S/C29H44/c1-3-4-5-6-7-8-9-10-11-25-14-18-27(19-15-25)29-22-20-28(21-23-29)26-16-12-24(2)13-17-26/h14-15,18-20,22-24,26,28H,3-13,16-17,21H2,1-2H3. The van der Waals surface area contributed by atoms with Gasteiger partial charge in [0.25, 0.3) is 0 Å². The van der Waals surface area contributed by atoms with Crippen LogP contribution in [0.15, 0.2) is 42.5 Å². The van der Waals surface area contributed by atoms with Gasteiger partial charge in [-0.1, -0.05) is 114 Å². The first-order chi connectivity index (χ1) is 14.3. The van der Waals surface area contributed by atoms with E-state index in [1.54, 1.807) is 0 Å². The maximum Gasteiger partial charge on any atom is -0.0167 e. The number of hydrogen-bond acceptors (Lipinski definition) is 0. The van der Waals surface area contributed by atoms with Crippen molar-refractivity contribution in [3.05, 3.63) is 53.6 Å². The van der Waals surface area contributed by atoms with Gasteiger partial charge in [0.15, 0.2) is 0 Å². The Morgan fingerprint density at radius 2 is 1.45 bits per heavy atom. The summed E-state index contributed by atoms with van der Waals surface area (Å²) in [5.74, 6) is 2.66. The lowest BCUT2D eigenvalue weighted by Gasteiger charge is -2.32. The highest BCUT2D eigenvalue weighted by molar-refractivity contribution is 5.75. The molecule has 2 aliphatic carbocycles. The van der Waals surface area contributed by atoms with Gasteiger partial charge in [-0.15, -0.1) is 0 Å². The minimum Gasteiger partial charge on any atom is -0.0802 e. The summed E-state index contributed by atoms with van der Waals surface area (Å²) < 4.78 is 0. The Hall–Kier alpha value is -1.30. The first kappa shape index (κ1) is 22.4. The quantitative estimate of drug-likeness (QED) is 0.329. The van der Waals surface area contributed by atoms with Gasteiger partial charge in [-0.3, -0.25) is 0 Å². The van der Waals surface area contributed by atoms with Crippen LogP contribution in [-0.2, 0) is 6.42 Å². The number of allylic oxidation sites excluding steroid dienone is 4. The summed E-state index contributed by atoms with van der Waals surface area (Å²) in [5.41, 5.74) is 4.34. The van der Waals surface area contributed by atoms with Crippen LogP contribution >= 0.6 is 0 Å². The fourth-order valence-electron chi connectivity index (χ4n) is 5.24. The van der Waals surface area contributed by atoms with Crippen molar-refractivity contribution >= 4 is 5.57 Å². The maximum absolute atomic E-state index is 2.52. The zero-order chi connectivity index (χ0) is 20.3. The van der Waals surface area contributed by atoms with Crippen LogP contribution in [0.5, 0.6) is 0 Å². The van der Waals surface area contributed by atoms with Crippen LogP contribution in [0, 0.1) is 17.8 Å². The van der Waals surface area contributed by atoms with Crippen LogP contribution in [0.2, 0.25) is 0 Å². The third-order valence-electron chi connectivity index (χ3n) is 7.41.